The average Bonchev–Trinajstić information content (AvgIpc) is 3.55. The predicted octanol–water partition coefficient (Wildman–Crippen LogP) is 2.85. The maximum absolute atomic E-state index is 13.7. The minimum Gasteiger partial charge on any atom is -0.463 e. The van der Waals surface area contributed by atoms with Crippen LogP contribution in [0.4, 0.5) is 5.69 Å². The molecule has 0 saturated heterocycles. The van der Waals surface area contributed by atoms with E-state index >= 15 is 0 Å². The molecule has 5 rings (SSSR count). The molecule has 10 heteroatoms. The lowest BCUT2D eigenvalue weighted by molar-refractivity contribution is -0.139. The van der Waals surface area contributed by atoms with Gasteiger partial charge in [0.1, 0.15) is 12.0 Å². The van der Waals surface area contributed by atoms with Gasteiger partial charge in [-0.15, -0.1) is 11.3 Å². The second kappa shape index (κ2) is 9.20. The Kier molecular flexibility index (Phi) is 6.08. The highest BCUT2D eigenvalue weighted by molar-refractivity contribution is 7.10. The van der Waals surface area contributed by atoms with Gasteiger partial charge in [-0.3, -0.25) is 14.2 Å². The van der Waals surface area contributed by atoms with Crippen molar-refractivity contribution in [3.8, 4) is 0 Å². The summed E-state index contributed by atoms with van der Waals surface area (Å²) >= 11 is 2.66. The van der Waals surface area contributed by atoms with Crippen molar-refractivity contribution < 1.29 is 14.3 Å². The van der Waals surface area contributed by atoms with E-state index in [2.05, 4.69) is 10.1 Å². The SMILES string of the molecule is CCOC(=O)C1=C(C)N=c2s/c(=C/[C@@H]3C(=O)N(c4ccccc4)N=C3C)c(=O)n2[C@H]1c1cccs1. The molecule has 0 unspecified atom stereocenters. The lowest BCUT2D eigenvalue weighted by Gasteiger charge is -2.23. The Labute approximate surface area is 208 Å². The largest absolute Gasteiger partial charge is 0.463 e. The van der Waals surface area contributed by atoms with Crippen LogP contribution in [-0.2, 0) is 14.3 Å². The van der Waals surface area contributed by atoms with Gasteiger partial charge in [0.25, 0.3) is 11.5 Å². The number of rotatable bonds is 5. The first-order chi connectivity index (χ1) is 16.9. The zero-order valence-corrected chi connectivity index (χ0v) is 20.9. The van der Waals surface area contributed by atoms with Crippen molar-refractivity contribution in [2.24, 2.45) is 16.0 Å². The van der Waals surface area contributed by atoms with E-state index < -0.39 is 17.9 Å². The van der Waals surface area contributed by atoms with Crippen molar-refractivity contribution in [2.45, 2.75) is 26.8 Å². The number of hydrazone groups is 1. The van der Waals surface area contributed by atoms with E-state index in [0.29, 0.717) is 32.0 Å². The van der Waals surface area contributed by atoms with E-state index in [9.17, 15) is 14.4 Å². The average molecular weight is 507 g/mol. The molecular formula is C25H22N4O4S2. The molecule has 1 amide bonds. The highest BCUT2D eigenvalue weighted by atomic mass is 32.1. The quantitative estimate of drug-likeness (QED) is 0.498. The van der Waals surface area contributed by atoms with Crippen LogP contribution in [0.3, 0.4) is 0 Å². The van der Waals surface area contributed by atoms with E-state index in [0.717, 1.165) is 4.88 Å². The standard InChI is InChI=1S/C25H22N4O4S2/c1-4-33-24(32)20-15(3)26-25-28(21(20)18-11-8-12-34-18)23(31)19(35-25)13-17-14(2)27-29(22(17)30)16-9-6-5-7-10-16/h5-13,17,21H,4H2,1-3H3/b19-13+/t17-,21-/m0/s1. The van der Waals surface area contributed by atoms with Crippen LogP contribution in [0.1, 0.15) is 31.7 Å². The molecule has 0 saturated carbocycles. The van der Waals surface area contributed by atoms with Crippen molar-refractivity contribution >= 4 is 52.0 Å². The van der Waals surface area contributed by atoms with Gasteiger partial charge in [0.15, 0.2) is 4.80 Å². The molecule has 0 radical (unpaired) electrons. The number of ether oxygens (including phenoxy) is 1. The highest BCUT2D eigenvalue weighted by Crippen LogP contribution is 2.33. The van der Waals surface area contributed by atoms with Crippen LogP contribution in [0.5, 0.6) is 0 Å². The number of allylic oxidation sites excluding steroid dienone is 1. The van der Waals surface area contributed by atoms with Crippen LogP contribution >= 0.6 is 22.7 Å². The van der Waals surface area contributed by atoms with Crippen LogP contribution in [0, 0.1) is 5.92 Å². The number of thiazole rings is 1. The third-order valence-electron chi connectivity index (χ3n) is 5.83. The van der Waals surface area contributed by atoms with Crippen LogP contribution in [-0.4, -0.2) is 28.8 Å². The van der Waals surface area contributed by atoms with Crippen molar-refractivity contribution in [1.29, 1.82) is 0 Å². The maximum Gasteiger partial charge on any atom is 0.338 e. The van der Waals surface area contributed by atoms with Gasteiger partial charge in [-0.25, -0.2) is 9.79 Å². The van der Waals surface area contributed by atoms with E-state index in [1.165, 1.54) is 32.2 Å². The molecule has 4 heterocycles. The minimum atomic E-state index is -0.664. The van der Waals surface area contributed by atoms with Crippen molar-refractivity contribution in [2.75, 3.05) is 11.6 Å². The minimum absolute atomic E-state index is 0.220. The molecule has 2 aromatic heterocycles. The summed E-state index contributed by atoms with van der Waals surface area (Å²) in [6, 6.07) is 12.3. The molecule has 35 heavy (non-hydrogen) atoms. The number of hydrogen-bond acceptors (Lipinski definition) is 8. The second-order valence-corrected chi connectivity index (χ2v) is 10.0. The smallest absolute Gasteiger partial charge is 0.338 e. The first-order valence-corrected chi connectivity index (χ1v) is 12.8. The summed E-state index contributed by atoms with van der Waals surface area (Å²) in [5, 5.41) is 7.69. The number of carbonyl (C=O) groups is 2. The fourth-order valence-electron chi connectivity index (χ4n) is 4.20. The van der Waals surface area contributed by atoms with Gasteiger partial charge in [0.05, 0.1) is 33.8 Å². The predicted molar refractivity (Wildman–Crippen MR) is 136 cm³/mol. The number of fused-ring (bicyclic) bond motifs is 1. The summed E-state index contributed by atoms with van der Waals surface area (Å²) in [5.41, 5.74) is 1.82. The van der Waals surface area contributed by atoms with Gasteiger partial charge < -0.3 is 4.74 Å². The van der Waals surface area contributed by atoms with Crippen LogP contribution < -0.4 is 19.9 Å². The first kappa shape index (κ1) is 23.1. The van der Waals surface area contributed by atoms with Gasteiger partial charge in [-0.05, 0) is 50.4 Å². The molecule has 0 spiro atoms. The van der Waals surface area contributed by atoms with E-state index in [1.807, 2.05) is 47.8 Å². The van der Waals surface area contributed by atoms with E-state index in [4.69, 9.17) is 4.74 Å². The zero-order chi connectivity index (χ0) is 24.7. The number of hydrogen-bond donors (Lipinski definition) is 0. The third-order valence-corrected chi connectivity index (χ3v) is 7.76. The lowest BCUT2D eigenvalue weighted by Crippen LogP contribution is -2.40. The fourth-order valence-corrected chi connectivity index (χ4v) is 6.08. The van der Waals surface area contributed by atoms with E-state index in [1.54, 1.807) is 26.8 Å². The highest BCUT2D eigenvalue weighted by Gasteiger charge is 2.36. The van der Waals surface area contributed by atoms with Gasteiger partial charge in [-0.2, -0.15) is 10.1 Å². The van der Waals surface area contributed by atoms with Gasteiger partial charge >= 0.3 is 5.97 Å². The summed E-state index contributed by atoms with van der Waals surface area (Å²) in [5.74, 6) is -1.38. The Morgan fingerprint density at radius 2 is 1.91 bits per heavy atom. The molecule has 1 aromatic carbocycles. The van der Waals surface area contributed by atoms with E-state index in [-0.39, 0.29) is 18.1 Å². The Morgan fingerprint density at radius 1 is 1.14 bits per heavy atom. The molecule has 3 aromatic rings. The van der Waals surface area contributed by atoms with Crippen LogP contribution in [0.25, 0.3) is 6.08 Å². The zero-order valence-electron chi connectivity index (χ0n) is 19.3. The first-order valence-electron chi connectivity index (χ1n) is 11.1. The molecule has 0 aliphatic carbocycles. The molecule has 0 fully saturated rings. The summed E-state index contributed by atoms with van der Waals surface area (Å²) in [6.45, 7) is 5.48. The number of thiophene rings is 1. The lowest BCUT2D eigenvalue weighted by atomic mass is 10.0. The van der Waals surface area contributed by atoms with Crippen molar-refractivity contribution in [1.82, 2.24) is 4.57 Å². The molecule has 0 N–H and O–H groups in total. The van der Waals surface area contributed by atoms with Gasteiger partial charge in [-0.1, -0.05) is 35.6 Å². The second-order valence-electron chi connectivity index (χ2n) is 8.04. The number of benzene rings is 1. The Morgan fingerprint density at radius 3 is 2.60 bits per heavy atom. The summed E-state index contributed by atoms with van der Waals surface area (Å²) in [4.78, 5) is 45.6. The Bertz CT molecular complexity index is 1550. The molecule has 0 bridgehead atoms. The normalized spacial score (nSPS) is 20.1. The van der Waals surface area contributed by atoms with Crippen LogP contribution in [0.15, 0.2) is 74.0 Å². The molecule has 2 aliphatic heterocycles. The van der Waals surface area contributed by atoms with Gasteiger partial charge in [0, 0.05) is 4.88 Å². The number of para-hydroxylation sites is 1. The van der Waals surface area contributed by atoms with Crippen molar-refractivity contribution in [3.63, 3.8) is 0 Å². The molecule has 2 aliphatic rings. The van der Waals surface area contributed by atoms with Gasteiger partial charge in [0.2, 0.25) is 0 Å². The Balaban J connectivity index is 1.61. The monoisotopic (exact) mass is 506 g/mol. The number of esters is 1. The number of anilines is 1. The molecular weight excluding hydrogens is 484 g/mol. The summed E-state index contributed by atoms with van der Waals surface area (Å²) < 4.78 is 7.20. The Hall–Kier alpha value is -3.63. The number of aromatic nitrogens is 1. The third kappa shape index (κ3) is 3.98. The molecule has 2 atom stereocenters. The molecule has 178 valence electrons. The summed E-state index contributed by atoms with van der Waals surface area (Å²) in [7, 11) is 0. The number of amides is 1. The van der Waals surface area contributed by atoms with Crippen molar-refractivity contribution in [3.05, 3.63) is 83.7 Å². The van der Waals surface area contributed by atoms with Crippen LogP contribution in [0.2, 0.25) is 0 Å². The topological polar surface area (TPSA) is 93.3 Å². The number of nitrogens with zero attached hydrogens (tertiary/aromatic N) is 4. The fraction of sp³-hybridized carbons (Fsp3) is 0.240. The molecule has 8 nitrogen and oxygen atoms in total. The number of carbonyl (C=O) groups excluding carboxylic acids is 2. The maximum atomic E-state index is 13.7. The summed E-state index contributed by atoms with van der Waals surface area (Å²) in [6.07, 6.45) is 1.66.